The minimum Gasteiger partial charge on any atom is -1.00 e. The summed E-state index contributed by atoms with van der Waals surface area (Å²) in [5.74, 6) is 0. The number of benzene rings is 2. The van der Waals surface area contributed by atoms with Gasteiger partial charge in [0.2, 0.25) is 0 Å². The van der Waals surface area contributed by atoms with Gasteiger partial charge >= 0.3 is 16.8 Å². The standard InChI is InChI=1S/C31H38ClN3.2ClH.Co/c1-9-23-13-19(5)14-24(10-2)30(23)33-21(7)28-17-27(32)18-29(35-28)22(8)34-31-25(11-3)15-20(6)16-26(31)12-4;;;/h13-18H,9-12H2,1-8H3;2*1H;/q;;;+2/p-2. The van der Waals surface area contributed by atoms with Gasteiger partial charge in [-0.1, -0.05) is 74.7 Å². The van der Waals surface area contributed by atoms with E-state index in [0.29, 0.717) is 5.02 Å². The maximum Gasteiger partial charge on any atom is 2.00 e. The number of halogens is 3. The van der Waals surface area contributed by atoms with Crippen molar-refractivity contribution in [2.75, 3.05) is 0 Å². The third kappa shape index (κ3) is 8.66. The van der Waals surface area contributed by atoms with Crippen molar-refractivity contribution in [1.82, 2.24) is 4.98 Å². The van der Waals surface area contributed by atoms with E-state index in [2.05, 4.69) is 65.8 Å². The molecule has 207 valence electrons. The van der Waals surface area contributed by atoms with E-state index < -0.39 is 0 Å². The SMILES string of the molecule is CCc1cc(C)cc(CC)c1N=C(C)c1cc(Cl)cc(C(C)=Nc2c(CC)cc(C)cc2CC)n1.[Cl-].[Cl-].[Co+2]. The molecular formula is C31H38Cl3CoN3. The van der Waals surface area contributed by atoms with Gasteiger partial charge in [0.25, 0.3) is 0 Å². The van der Waals surface area contributed by atoms with E-state index in [0.717, 1.165) is 59.9 Å². The summed E-state index contributed by atoms with van der Waals surface area (Å²) in [7, 11) is 0. The largest absolute Gasteiger partial charge is 2.00 e. The van der Waals surface area contributed by atoms with Crippen LogP contribution >= 0.6 is 11.6 Å². The molecule has 0 N–H and O–H groups in total. The van der Waals surface area contributed by atoms with Crippen LogP contribution in [0.5, 0.6) is 0 Å². The first-order valence-electron chi connectivity index (χ1n) is 12.7. The molecule has 1 radical (unpaired) electrons. The van der Waals surface area contributed by atoms with Crippen molar-refractivity contribution in [2.45, 2.75) is 81.1 Å². The fourth-order valence-electron chi connectivity index (χ4n) is 4.55. The normalized spacial score (nSPS) is 11.4. The molecule has 3 aromatic rings. The van der Waals surface area contributed by atoms with Crippen molar-refractivity contribution >= 4 is 34.4 Å². The van der Waals surface area contributed by atoms with Crippen LogP contribution in [0, 0.1) is 13.8 Å². The Morgan fingerprint density at radius 1 is 0.632 bits per heavy atom. The molecule has 0 saturated carbocycles. The Kier molecular flexibility index (Phi) is 15.7. The molecule has 0 atom stereocenters. The summed E-state index contributed by atoms with van der Waals surface area (Å²) in [6.07, 6.45) is 3.77. The molecule has 0 bridgehead atoms. The summed E-state index contributed by atoms with van der Waals surface area (Å²) >= 11 is 6.57. The molecule has 1 heterocycles. The predicted molar refractivity (Wildman–Crippen MR) is 153 cm³/mol. The van der Waals surface area contributed by atoms with Gasteiger partial charge in [-0.25, -0.2) is 4.98 Å². The Morgan fingerprint density at radius 3 is 1.18 bits per heavy atom. The zero-order valence-corrected chi connectivity index (χ0v) is 26.9. The number of rotatable bonds is 8. The molecular weight excluding hydrogens is 580 g/mol. The van der Waals surface area contributed by atoms with Crippen molar-refractivity contribution < 1.29 is 41.6 Å². The van der Waals surface area contributed by atoms with Crippen molar-refractivity contribution in [3.63, 3.8) is 0 Å². The van der Waals surface area contributed by atoms with E-state index in [4.69, 9.17) is 26.6 Å². The molecule has 0 amide bonds. The van der Waals surface area contributed by atoms with Crippen molar-refractivity contribution in [3.8, 4) is 0 Å². The molecule has 3 rings (SSSR count). The first-order chi connectivity index (χ1) is 16.7. The zero-order chi connectivity index (χ0) is 25.7. The van der Waals surface area contributed by atoms with Gasteiger partial charge < -0.3 is 24.8 Å². The van der Waals surface area contributed by atoms with E-state index >= 15 is 0 Å². The number of hydrogen-bond donors (Lipinski definition) is 0. The molecule has 0 aliphatic rings. The van der Waals surface area contributed by atoms with Crippen LogP contribution < -0.4 is 24.8 Å². The number of aryl methyl sites for hydroxylation is 6. The molecule has 1 aromatic heterocycles. The second kappa shape index (κ2) is 16.4. The quantitative estimate of drug-likeness (QED) is 0.359. The zero-order valence-electron chi connectivity index (χ0n) is 23.6. The molecule has 2 aromatic carbocycles. The first-order valence-corrected chi connectivity index (χ1v) is 13.1. The Bertz CT molecular complexity index is 1150. The second-order valence-electron chi connectivity index (χ2n) is 9.23. The average Bonchev–Trinajstić information content (AvgIpc) is 2.84. The third-order valence-electron chi connectivity index (χ3n) is 6.44. The van der Waals surface area contributed by atoms with Gasteiger partial charge in [-0.3, -0.25) is 9.98 Å². The van der Waals surface area contributed by atoms with Crippen molar-refractivity contribution in [2.24, 2.45) is 9.98 Å². The van der Waals surface area contributed by atoms with Gasteiger partial charge in [0, 0.05) is 5.02 Å². The summed E-state index contributed by atoms with van der Waals surface area (Å²) in [6, 6.07) is 12.7. The maximum atomic E-state index is 6.57. The molecule has 38 heavy (non-hydrogen) atoms. The molecule has 0 aliphatic carbocycles. The Balaban J connectivity index is 0.00000456. The first kappa shape index (κ1) is 36.3. The van der Waals surface area contributed by atoms with Gasteiger partial charge in [-0.15, -0.1) is 0 Å². The van der Waals surface area contributed by atoms with E-state index in [9.17, 15) is 0 Å². The molecule has 0 unspecified atom stereocenters. The molecule has 7 heteroatoms. The second-order valence-corrected chi connectivity index (χ2v) is 9.66. The van der Waals surface area contributed by atoms with Crippen LogP contribution in [0.3, 0.4) is 0 Å². The van der Waals surface area contributed by atoms with Crippen LogP contribution in [0.4, 0.5) is 11.4 Å². The van der Waals surface area contributed by atoms with Crippen LogP contribution in [-0.4, -0.2) is 16.4 Å². The molecule has 0 spiro atoms. The Labute approximate surface area is 257 Å². The fourth-order valence-corrected chi connectivity index (χ4v) is 4.76. The minimum atomic E-state index is 0. The Morgan fingerprint density at radius 2 is 0.921 bits per heavy atom. The van der Waals surface area contributed by atoms with E-state index in [-0.39, 0.29) is 41.6 Å². The number of aromatic nitrogens is 1. The van der Waals surface area contributed by atoms with Crippen LogP contribution in [0.1, 0.15) is 86.3 Å². The maximum absolute atomic E-state index is 6.57. The smallest absolute Gasteiger partial charge is 1.00 e. The van der Waals surface area contributed by atoms with Crippen LogP contribution in [0.15, 0.2) is 46.4 Å². The number of pyridine rings is 1. The molecule has 0 saturated heterocycles. The summed E-state index contributed by atoms with van der Waals surface area (Å²) in [5.41, 5.74) is 13.0. The van der Waals surface area contributed by atoms with Gasteiger partial charge in [0.1, 0.15) is 0 Å². The number of nitrogens with zero attached hydrogens (tertiary/aromatic N) is 3. The summed E-state index contributed by atoms with van der Waals surface area (Å²) in [5, 5.41) is 0.639. The predicted octanol–water partition coefficient (Wildman–Crippen LogP) is 2.89. The fraction of sp³-hybridized carbons (Fsp3) is 0.387. The summed E-state index contributed by atoms with van der Waals surface area (Å²) in [4.78, 5) is 15.1. The third-order valence-corrected chi connectivity index (χ3v) is 6.66. The minimum absolute atomic E-state index is 0. The van der Waals surface area contributed by atoms with E-state index in [1.807, 2.05) is 26.0 Å². The molecule has 0 fully saturated rings. The van der Waals surface area contributed by atoms with Crippen LogP contribution in [0.2, 0.25) is 5.02 Å². The number of aliphatic imine (C=N–C) groups is 2. The van der Waals surface area contributed by atoms with Crippen molar-refractivity contribution in [3.05, 3.63) is 86.2 Å². The van der Waals surface area contributed by atoms with Gasteiger partial charge in [-0.05, 0) is 87.8 Å². The van der Waals surface area contributed by atoms with Gasteiger partial charge in [-0.2, -0.15) is 0 Å². The molecule has 3 nitrogen and oxygen atoms in total. The summed E-state index contributed by atoms with van der Waals surface area (Å²) in [6.45, 7) is 17.0. The topological polar surface area (TPSA) is 37.6 Å². The average molecular weight is 618 g/mol. The van der Waals surface area contributed by atoms with Crippen LogP contribution in [-0.2, 0) is 42.5 Å². The van der Waals surface area contributed by atoms with Crippen molar-refractivity contribution in [1.29, 1.82) is 0 Å². The van der Waals surface area contributed by atoms with Gasteiger partial charge in [0.15, 0.2) is 0 Å². The monoisotopic (exact) mass is 616 g/mol. The summed E-state index contributed by atoms with van der Waals surface area (Å²) < 4.78 is 0. The van der Waals surface area contributed by atoms with E-state index in [1.54, 1.807) is 0 Å². The number of hydrogen-bond acceptors (Lipinski definition) is 3. The Hall–Kier alpha value is -1.69. The van der Waals surface area contributed by atoms with E-state index in [1.165, 1.54) is 33.4 Å². The van der Waals surface area contributed by atoms with Gasteiger partial charge in [0.05, 0.1) is 34.2 Å². The molecule has 0 aliphatic heterocycles. The van der Waals surface area contributed by atoms with Crippen LogP contribution in [0.25, 0.3) is 0 Å².